The second kappa shape index (κ2) is 9.05. The maximum atomic E-state index is 12.8. The highest BCUT2D eigenvalue weighted by Crippen LogP contribution is 2.55. The number of thioether (sulfide) groups is 1. The molecule has 0 fully saturated rings. The number of nitrogens with zero attached hydrogens (tertiary/aromatic N) is 4. The van der Waals surface area contributed by atoms with E-state index in [1.807, 2.05) is 64.6 Å². The van der Waals surface area contributed by atoms with Gasteiger partial charge in [-0.05, 0) is 49.4 Å². The van der Waals surface area contributed by atoms with E-state index in [2.05, 4.69) is 62.4 Å². The van der Waals surface area contributed by atoms with Crippen LogP contribution in [0.25, 0.3) is 0 Å². The molecule has 6 heteroatoms. The highest BCUT2D eigenvalue weighted by Gasteiger charge is 2.56. The van der Waals surface area contributed by atoms with Gasteiger partial charge in [0.2, 0.25) is 4.99 Å². The zero-order valence-corrected chi connectivity index (χ0v) is 21.7. The predicted molar refractivity (Wildman–Crippen MR) is 153 cm³/mol. The maximum absolute atomic E-state index is 12.8. The van der Waals surface area contributed by atoms with Crippen LogP contribution < -0.4 is 10.0 Å². The molecule has 0 N–H and O–H groups in total. The highest BCUT2D eigenvalue weighted by molar-refractivity contribution is 8.17. The highest BCUT2D eigenvalue weighted by atomic mass is 32.2. The minimum absolute atomic E-state index is 0.0701. The Kier molecular flexibility index (Phi) is 5.69. The minimum Gasteiger partial charge on any atom is -0.292 e. The number of fused-ring (bicyclic) bond motifs is 2. The molecule has 0 unspecified atom stereocenters. The normalized spacial score (nSPS) is 18.5. The molecule has 0 aliphatic carbocycles. The molecule has 1 spiro atoms. The molecule has 182 valence electrons. The van der Waals surface area contributed by atoms with E-state index >= 15 is 0 Å². The van der Waals surface area contributed by atoms with Gasteiger partial charge in [-0.3, -0.25) is 4.79 Å². The number of carbonyl (C=O) groups is 1. The zero-order valence-electron chi connectivity index (χ0n) is 20.9. The van der Waals surface area contributed by atoms with E-state index in [0.29, 0.717) is 5.04 Å². The van der Waals surface area contributed by atoms with Crippen molar-refractivity contribution in [3.05, 3.63) is 131 Å². The molecule has 0 radical (unpaired) electrons. The van der Waals surface area contributed by atoms with Crippen molar-refractivity contribution in [3.8, 4) is 0 Å². The number of benzene rings is 4. The first-order valence-corrected chi connectivity index (χ1v) is 13.1. The van der Waals surface area contributed by atoms with Crippen molar-refractivity contribution in [2.75, 3.05) is 10.0 Å². The molecule has 0 bridgehead atoms. The van der Waals surface area contributed by atoms with Crippen LogP contribution in [-0.2, 0) is 9.79 Å². The Morgan fingerprint density at radius 2 is 1.43 bits per heavy atom. The van der Waals surface area contributed by atoms with Gasteiger partial charge < -0.3 is 0 Å². The van der Waals surface area contributed by atoms with Crippen molar-refractivity contribution in [2.24, 2.45) is 10.2 Å². The van der Waals surface area contributed by atoms with Crippen molar-refractivity contribution >= 4 is 39.7 Å². The van der Waals surface area contributed by atoms with Crippen LogP contribution >= 0.6 is 11.8 Å². The average molecular weight is 503 g/mol. The molecule has 4 aromatic rings. The number of anilines is 2. The Balaban J connectivity index is 1.68. The van der Waals surface area contributed by atoms with Crippen LogP contribution in [0.3, 0.4) is 0 Å². The van der Waals surface area contributed by atoms with Crippen molar-refractivity contribution in [2.45, 2.75) is 25.8 Å². The smallest absolute Gasteiger partial charge is 0.234 e. The second-order valence-corrected chi connectivity index (χ2v) is 10.4. The molecule has 0 aromatic heterocycles. The van der Waals surface area contributed by atoms with Crippen LogP contribution in [0.4, 0.5) is 11.4 Å². The van der Waals surface area contributed by atoms with Gasteiger partial charge in [0.1, 0.15) is 0 Å². The standard InChI is InChI=1S/C31H26N4OS/c1-21-17-19-24(20-18-21)29-26-14-8-9-15-27(26)31(34(32-29)25-12-5-4-6-13-25)35(33-30(37-31)23(3)36)28-16-10-7-11-22(28)2/h4-20H,1-3H3/t31-/m1/s1. The van der Waals surface area contributed by atoms with Crippen molar-refractivity contribution < 1.29 is 4.79 Å². The summed E-state index contributed by atoms with van der Waals surface area (Å²) in [6.07, 6.45) is 0. The summed E-state index contributed by atoms with van der Waals surface area (Å²) >= 11 is 1.44. The Morgan fingerprint density at radius 3 is 2.16 bits per heavy atom. The number of Topliss-reactive ketones (excluding diaryl/α,β-unsaturated/α-hetero) is 1. The van der Waals surface area contributed by atoms with Crippen LogP contribution in [0.15, 0.2) is 113 Å². The monoisotopic (exact) mass is 502 g/mol. The molecule has 0 saturated heterocycles. The molecule has 37 heavy (non-hydrogen) atoms. The summed E-state index contributed by atoms with van der Waals surface area (Å²) in [6.45, 7) is 5.72. The number of carbonyl (C=O) groups excluding carboxylic acids is 1. The lowest BCUT2D eigenvalue weighted by atomic mass is 9.93. The predicted octanol–water partition coefficient (Wildman–Crippen LogP) is 6.84. The zero-order chi connectivity index (χ0) is 25.6. The fourth-order valence-corrected chi connectivity index (χ4v) is 6.14. The Labute approximate surface area is 221 Å². The minimum atomic E-state index is -0.931. The van der Waals surface area contributed by atoms with E-state index in [0.717, 1.165) is 39.3 Å². The number of ketones is 1. The fourth-order valence-electron chi connectivity index (χ4n) is 4.86. The van der Waals surface area contributed by atoms with Crippen molar-refractivity contribution in [3.63, 3.8) is 0 Å². The van der Waals surface area contributed by atoms with E-state index in [1.165, 1.54) is 17.3 Å². The maximum Gasteiger partial charge on any atom is 0.234 e. The lowest BCUT2D eigenvalue weighted by Gasteiger charge is -2.47. The van der Waals surface area contributed by atoms with Gasteiger partial charge in [0, 0.05) is 23.6 Å². The third-order valence-electron chi connectivity index (χ3n) is 6.71. The largest absolute Gasteiger partial charge is 0.292 e. The molecular weight excluding hydrogens is 476 g/mol. The third kappa shape index (κ3) is 3.76. The average Bonchev–Trinajstić information content (AvgIpc) is 3.31. The summed E-state index contributed by atoms with van der Waals surface area (Å²) in [5, 5.41) is 14.7. The van der Waals surface area contributed by atoms with Crippen LogP contribution in [-0.4, -0.2) is 16.5 Å². The molecule has 2 aliphatic heterocycles. The third-order valence-corrected chi connectivity index (χ3v) is 8.12. The summed E-state index contributed by atoms with van der Waals surface area (Å²) < 4.78 is 0. The number of para-hydroxylation sites is 2. The second-order valence-electron chi connectivity index (χ2n) is 9.28. The van der Waals surface area contributed by atoms with Gasteiger partial charge in [0.05, 0.1) is 17.1 Å². The first-order chi connectivity index (χ1) is 18.0. The van der Waals surface area contributed by atoms with E-state index in [9.17, 15) is 4.79 Å². The van der Waals surface area contributed by atoms with Crippen molar-refractivity contribution in [1.82, 2.24) is 0 Å². The summed E-state index contributed by atoms with van der Waals surface area (Å²) in [4.78, 5) is 11.8. The van der Waals surface area contributed by atoms with Gasteiger partial charge in [0.25, 0.3) is 0 Å². The molecule has 2 aliphatic rings. The van der Waals surface area contributed by atoms with Gasteiger partial charge in [-0.25, -0.2) is 10.0 Å². The molecule has 2 heterocycles. The van der Waals surface area contributed by atoms with Gasteiger partial charge in [-0.15, -0.1) is 0 Å². The van der Waals surface area contributed by atoms with Crippen LogP contribution in [0.2, 0.25) is 0 Å². The Morgan fingerprint density at radius 1 is 0.757 bits per heavy atom. The topological polar surface area (TPSA) is 48.3 Å². The summed E-state index contributed by atoms with van der Waals surface area (Å²) in [5.41, 5.74) is 8.06. The number of aryl methyl sites for hydroxylation is 2. The molecular formula is C31H26N4OS. The molecule has 0 saturated carbocycles. The van der Waals surface area contributed by atoms with Gasteiger partial charge in [-0.2, -0.15) is 10.2 Å². The number of hydrogen-bond acceptors (Lipinski definition) is 6. The molecule has 5 nitrogen and oxygen atoms in total. The van der Waals surface area contributed by atoms with Gasteiger partial charge in [-0.1, -0.05) is 90.5 Å². The van der Waals surface area contributed by atoms with E-state index in [4.69, 9.17) is 10.2 Å². The Hall–Kier alpha value is -4.16. The van der Waals surface area contributed by atoms with Crippen LogP contribution in [0, 0.1) is 13.8 Å². The molecule has 6 rings (SSSR count). The molecule has 4 aromatic carbocycles. The van der Waals surface area contributed by atoms with E-state index < -0.39 is 4.99 Å². The summed E-state index contributed by atoms with van der Waals surface area (Å²) in [5.74, 6) is -0.0701. The number of hydrazone groups is 2. The number of rotatable bonds is 4. The van der Waals surface area contributed by atoms with E-state index in [1.54, 1.807) is 6.92 Å². The molecule has 1 atom stereocenters. The lowest BCUT2D eigenvalue weighted by molar-refractivity contribution is -0.110. The first kappa shape index (κ1) is 23.3. The quantitative estimate of drug-likeness (QED) is 0.306. The van der Waals surface area contributed by atoms with Crippen LogP contribution in [0.5, 0.6) is 0 Å². The van der Waals surface area contributed by atoms with Crippen LogP contribution in [0.1, 0.15) is 34.7 Å². The number of hydrogen-bond donors (Lipinski definition) is 0. The summed E-state index contributed by atoms with van der Waals surface area (Å²) in [7, 11) is 0. The van der Waals surface area contributed by atoms with Gasteiger partial charge >= 0.3 is 0 Å². The summed E-state index contributed by atoms with van der Waals surface area (Å²) in [6, 6.07) is 35.0. The SMILES string of the molecule is CC(=O)C1=NN(c2ccccc2C)[C@@]2(S1)c1ccccc1C(c1ccc(C)cc1)=NN2c1ccccc1. The first-order valence-electron chi connectivity index (χ1n) is 12.2. The Bertz CT molecular complexity index is 1560. The van der Waals surface area contributed by atoms with Gasteiger partial charge in [0.15, 0.2) is 10.8 Å². The van der Waals surface area contributed by atoms with E-state index in [-0.39, 0.29) is 5.78 Å². The lowest BCUT2D eigenvalue weighted by Crippen LogP contribution is -2.54. The molecule has 0 amide bonds. The van der Waals surface area contributed by atoms with Crippen molar-refractivity contribution in [1.29, 1.82) is 0 Å². The fraction of sp³-hybridized carbons (Fsp3) is 0.129.